The van der Waals surface area contributed by atoms with E-state index in [2.05, 4.69) is 17.9 Å². The highest BCUT2D eigenvalue weighted by Gasteiger charge is 2.30. The maximum atomic E-state index is 11.6. The first kappa shape index (κ1) is 14.0. The lowest BCUT2D eigenvalue weighted by atomic mass is 10.3. The quantitative estimate of drug-likeness (QED) is 0.639. The van der Waals surface area contributed by atoms with E-state index >= 15 is 0 Å². The van der Waals surface area contributed by atoms with Gasteiger partial charge in [-0.05, 0) is 20.4 Å². The zero-order chi connectivity index (χ0) is 12.7. The fraction of sp³-hybridized carbons (Fsp3) is 0.769. The van der Waals surface area contributed by atoms with Gasteiger partial charge in [0.05, 0.1) is 6.54 Å². The third-order valence-corrected chi connectivity index (χ3v) is 2.90. The molecule has 1 fully saturated rings. The SMILES string of the molecule is C/C=C\CN(C)C[C@@H]1CN(CCCC)C(=O)O1. The number of rotatable bonds is 7. The fourth-order valence-electron chi connectivity index (χ4n) is 1.91. The average molecular weight is 240 g/mol. The van der Waals surface area contributed by atoms with Crippen LogP contribution in [0.25, 0.3) is 0 Å². The van der Waals surface area contributed by atoms with Crippen LogP contribution in [0.5, 0.6) is 0 Å². The maximum absolute atomic E-state index is 11.6. The third kappa shape index (κ3) is 4.77. The lowest BCUT2D eigenvalue weighted by molar-refractivity contribution is 0.116. The molecule has 0 N–H and O–H groups in total. The van der Waals surface area contributed by atoms with Gasteiger partial charge in [-0.1, -0.05) is 25.5 Å². The molecule has 1 rings (SSSR count). The Kier molecular flexibility index (Phi) is 6.05. The van der Waals surface area contributed by atoms with E-state index in [9.17, 15) is 4.79 Å². The summed E-state index contributed by atoms with van der Waals surface area (Å²) < 4.78 is 5.34. The molecular weight excluding hydrogens is 216 g/mol. The van der Waals surface area contributed by atoms with E-state index in [1.807, 2.05) is 24.9 Å². The summed E-state index contributed by atoms with van der Waals surface area (Å²) in [6.45, 7) is 7.40. The Hall–Kier alpha value is -1.03. The number of hydrogen-bond acceptors (Lipinski definition) is 3. The summed E-state index contributed by atoms with van der Waals surface area (Å²) in [7, 11) is 2.04. The van der Waals surface area contributed by atoms with Crippen LogP contribution in [0, 0.1) is 0 Å². The van der Waals surface area contributed by atoms with Crippen molar-refractivity contribution >= 4 is 6.09 Å². The van der Waals surface area contributed by atoms with Crippen LogP contribution in [0.1, 0.15) is 26.7 Å². The van der Waals surface area contributed by atoms with Crippen LogP contribution in [-0.2, 0) is 4.74 Å². The molecule has 0 radical (unpaired) electrons. The van der Waals surface area contributed by atoms with Crippen LogP contribution < -0.4 is 0 Å². The molecule has 0 aromatic heterocycles. The number of cyclic esters (lactones) is 1. The molecule has 1 amide bonds. The third-order valence-electron chi connectivity index (χ3n) is 2.90. The molecule has 1 heterocycles. The van der Waals surface area contributed by atoms with Crippen LogP contribution in [0.4, 0.5) is 4.79 Å². The fourth-order valence-corrected chi connectivity index (χ4v) is 1.91. The van der Waals surface area contributed by atoms with Crippen LogP contribution in [0.2, 0.25) is 0 Å². The van der Waals surface area contributed by atoms with E-state index in [0.717, 1.165) is 39.0 Å². The minimum atomic E-state index is -0.150. The number of nitrogens with zero attached hydrogens (tertiary/aromatic N) is 2. The Morgan fingerprint density at radius 3 is 3.00 bits per heavy atom. The standard InChI is InChI=1S/C13H24N2O2/c1-4-6-8-14(3)10-12-11-15(9-7-5-2)13(16)17-12/h4,6,12H,5,7-11H2,1-3H3/b6-4-/t12-/m1/s1. The number of carbonyl (C=O) groups excluding carboxylic acids is 1. The molecule has 98 valence electrons. The minimum absolute atomic E-state index is 0.0228. The van der Waals surface area contributed by atoms with Gasteiger partial charge in [0.1, 0.15) is 6.10 Å². The molecule has 0 unspecified atom stereocenters. The van der Waals surface area contributed by atoms with E-state index in [1.54, 1.807) is 0 Å². The molecule has 0 spiro atoms. The Morgan fingerprint density at radius 2 is 2.35 bits per heavy atom. The lowest BCUT2D eigenvalue weighted by Crippen LogP contribution is -2.32. The lowest BCUT2D eigenvalue weighted by Gasteiger charge is -2.18. The van der Waals surface area contributed by atoms with Gasteiger partial charge in [0.15, 0.2) is 0 Å². The second-order valence-electron chi connectivity index (χ2n) is 4.60. The molecular formula is C13H24N2O2. The highest BCUT2D eigenvalue weighted by Crippen LogP contribution is 2.12. The summed E-state index contributed by atoms with van der Waals surface area (Å²) in [6.07, 6.45) is 6.17. The van der Waals surface area contributed by atoms with E-state index in [1.165, 1.54) is 0 Å². The minimum Gasteiger partial charge on any atom is -0.443 e. The van der Waals surface area contributed by atoms with Gasteiger partial charge in [0.25, 0.3) is 0 Å². The van der Waals surface area contributed by atoms with E-state index < -0.39 is 0 Å². The molecule has 0 saturated carbocycles. The van der Waals surface area contributed by atoms with E-state index in [-0.39, 0.29) is 12.2 Å². The molecule has 1 saturated heterocycles. The zero-order valence-electron chi connectivity index (χ0n) is 11.2. The number of allylic oxidation sites excluding steroid dienone is 1. The second-order valence-corrected chi connectivity index (χ2v) is 4.60. The van der Waals surface area contributed by atoms with Crippen molar-refractivity contribution in [1.82, 2.24) is 9.80 Å². The van der Waals surface area contributed by atoms with Crippen molar-refractivity contribution in [2.24, 2.45) is 0 Å². The van der Waals surface area contributed by atoms with Crippen molar-refractivity contribution < 1.29 is 9.53 Å². The second kappa shape index (κ2) is 7.33. The number of carbonyl (C=O) groups is 1. The predicted octanol–water partition coefficient (Wildman–Crippen LogP) is 2.12. The van der Waals surface area contributed by atoms with Crippen molar-refractivity contribution in [3.05, 3.63) is 12.2 Å². The predicted molar refractivity (Wildman–Crippen MR) is 69.1 cm³/mol. The van der Waals surface area contributed by atoms with Gasteiger partial charge in [-0.25, -0.2) is 4.79 Å². The summed E-state index contributed by atoms with van der Waals surface area (Å²) in [5.41, 5.74) is 0. The molecule has 1 aliphatic rings. The van der Waals surface area contributed by atoms with E-state index in [0.29, 0.717) is 0 Å². The van der Waals surface area contributed by atoms with Gasteiger partial charge < -0.3 is 9.64 Å². The first-order valence-electron chi connectivity index (χ1n) is 6.42. The number of likely N-dealkylation sites (N-methyl/N-ethyl adjacent to an activating group) is 1. The maximum Gasteiger partial charge on any atom is 0.410 e. The highest BCUT2D eigenvalue weighted by molar-refractivity contribution is 5.69. The summed E-state index contributed by atoms with van der Waals surface area (Å²) in [5, 5.41) is 0. The van der Waals surface area contributed by atoms with Crippen molar-refractivity contribution in [3.8, 4) is 0 Å². The Morgan fingerprint density at radius 1 is 1.59 bits per heavy atom. The Labute approximate surface area is 104 Å². The van der Waals surface area contributed by atoms with Gasteiger partial charge >= 0.3 is 6.09 Å². The number of ether oxygens (including phenoxy) is 1. The van der Waals surface area contributed by atoms with Crippen molar-refractivity contribution in [2.75, 3.05) is 33.2 Å². The Balaban J connectivity index is 2.30. The monoisotopic (exact) mass is 240 g/mol. The zero-order valence-corrected chi connectivity index (χ0v) is 11.2. The van der Waals surface area contributed by atoms with Crippen LogP contribution in [0.3, 0.4) is 0 Å². The largest absolute Gasteiger partial charge is 0.443 e. The van der Waals surface area contributed by atoms with Crippen LogP contribution in [-0.4, -0.2) is 55.2 Å². The topological polar surface area (TPSA) is 32.8 Å². The average Bonchev–Trinajstić information content (AvgIpc) is 2.64. The summed E-state index contributed by atoms with van der Waals surface area (Å²) in [5.74, 6) is 0. The molecule has 0 aromatic rings. The summed E-state index contributed by atoms with van der Waals surface area (Å²) >= 11 is 0. The smallest absolute Gasteiger partial charge is 0.410 e. The molecule has 0 aromatic carbocycles. The molecule has 0 bridgehead atoms. The molecule has 1 aliphatic heterocycles. The van der Waals surface area contributed by atoms with Gasteiger partial charge in [0, 0.05) is 19.6 Å². The molecule has 4 nitrogen and oxygen atoms in total. The first-order chi connectivity index (χ1) is 8.17. The molecule has 4 heteroatoms. The molecule has 1 atom stereocenters. The van der Waals surface area contributed by atoms with E-state index in [4.69, 9.17) is 4.74 Å². The van der Waals surface area contributed by atoms with Crippen molar-refractivity contribution in [2.45, 2.75) is 32.8 Å². The summed E-state index contributed by atoms with van der Waals surface area (Å²) in [6, 6.07) is 0. The highest BCUT2D eigenvalue weighted by atomic mass is 16.6. The molecule has 0 aliphatic carbocycles. The normalized spacial score (nSPS) is 20.6. The summed E-state index contributed by atoms with van der Waals surface area (Å²) in [4.78, 5) is 15.5. The van der Waals surface area contributed by atoms with Crippen LogP contribution in [0.15, 0.2) is 12.2 Å². The van der Waals surface area contributed by atoms with Crippen molar-refractivity contribution in [3.63, 3.8) is 0 Å². The number of amides is 1. The van der Waals surface area contributed by atoms with Gasteiger partial charge in [0.2, 0.25) is 0 Å². The van der Waals surface area contributed by atoms with Gasteiger partial charge in [-0.3, -0.25) is 4.90 Å². The Bertz CT molecular complexity index is 266. The number of hydrogen-bond donors (Lipinski definition) is 0. The first-order valence-corrected chi connectivity index (χ1v) is 6.42. The van der Waals surface area contributed by atoms with Crippen LogP contribution >= 0.6 is 0 Å². The van der Waals surface area contributed by atoms with Gasteiger partial charge in [-0.15, -0.1) is 0 Å². The van der Waals surface area contributed by atoms with Crippen molar-refractivity contribution in [1.29, 1.82) is 0 Å². The number of unbranched alkanes of at least 4 members (excludes halogenated alkanes) is 1. The molecule has 17 heavy (non-hydrogen) atoms. The van der Waals surface area contributed by atoms with Gasteiger partial charge in [-0.2, -0.15) is 0 Å².